The van der Waals surface area contributed by atoms with Crippen LogP contribution in [0.25, 0.3) is 10.9 Å². The lowest BCUT2D eigenvalue weighted by atomic mass is 10.1. The van der Waals surface area contributed by atoms with E-state index < -0.39 is 11.7 Å². The molecule has 0 spiro atoms. The average Bonchev–Trinajstić information content (AvgIpc) is 2.93. The van der Waals surface area contributed by atoms with Gasteiger partial charge in [0.25, 0.3) is 0 Å². The smallest absolute Gasteiger partial charge is 0.435 e. The van der Waals surface area contributed by atoms with E-state index in [-0.39, 0.29) is 23.9 Å². The number of hydrogen-bond donors (Lipinski definition) is 3. The number of phenols is 1. The Morgan fingerprint density at radius 1 is 1.18 bits per heavy atom. The van der Waals surface area contributed by atoms with E-state index in [9.17, 15) is 14.7 Å². The van der Waals surface area contributed by atoms with Crippen molar-refractivity contribution in [1.82, 2.24) is 9.78 Å². The molecule has 28 heavy (non-hydrogen) atoms. The molecule has 1 amide bonds. The van der Waals surface area contributed by atoms with Crippen molar-refractivity contribution in [1.29, 1.82) is 0 Å². The van der Waals surface area contributed by atoms with Crippen molar-refractivity contribution in [3.05, 3.63) is 48.0 Å². The van der Waals surface area contributed by atoms with Gasteiger partial charge in [0, 0.05) is 11.1 Å². The van der Waals surface area contributed by atoms with Crippen molar-refractivity contribution < 1.29 is 19.4 Å². The minimum Gasteiger partial charge on any atom is -0.508 e. The molecule has 0 aliphatic heterocycles. The maximum absolute atomic E-state index is 12.5. The summed E-state index contributed by atoms with van der Waals surface area (Å²) >= 11 is 0. The second-order valence-electron chi connectivity index (χ2n) is 7.41. The number of benzene rings is 2. The second kappa shape index (κ2) is 7.22. The average molecular weight is 382 g/mol. The summed E-state index contributed by atoms with van der Waals surface area (Å²) in [7, 11) is 0. The summed E-state index contributed by atoms with van der Waals surface area (Å²) in [4.78, 5) is 24.9. The molecule has 0 aliphatic carbocycles. The van der Waals surface area contributed by atoms with Gasteiger partial charge in [-0.1, -0.05) is 12.1 Å². The number of fused-ring (bicyclic) bond motifs is 1. The number of nitrogen functional groups attached to an aromatic ring is 1. The van der Waals surface area contributed by atoms with Crippen LogP contribution < -0.4 is 11.1 Å². The molecular weight excluding hydrogens is 360 g/mol. The highest BCUT2D eigenvalue weighted by Crippen LogP contribution is 2.26. The SMILES string of the molecule is CC(C)(C)OC(=O)n1nc(NC(=O)Cc2ccc(O)cc2)c2cc(N)ccc21. The van der Waals surface area contributed by atoms with Gasteiger partial charge in [-0.05, 0) is 56.7 Å². The van der Waals surface area contributed by atoms with Gasteiger partial charge in [-0.3, -0.25) is 4.79 Å². The number of ether oxygens (including phenoxy) is 1. The highest BCUT2D eigenvalue weighted by Gasteiger charge is 2.23. The van der Waals surface area contributed by atoms with E-state index in [0.717, 1.165) is 10.2 Å². The van der Waals surface area contributed by atoms with Crippen LogP contribution in [0, 0.1) is 0 Å². The van der Waals surface area contributed by atoms with E-state index in [1.807, 2.05) is 0 Å². The monoisotopic (exact) mass is 382 g/mol. The maximum atomic E-state index is 12.5. The molecule has 8 nitrogen and oxygen atoms in total. The van der Waals surface area contributed by atoms with Crippen molar-refractivity contribution in [3.8, 4) is 5.75 Å². The third-order valence-corrected chi connectivity index (χ3v) is 3.83. The van der Waals surface area contributed by atoms with Crippen LogP contribution in [0.5, 0.6) is 5.75 Å². The Morgan fingerprint density at radius 2 is 1.86 bits per heavy atom. The van der Waals surface area contributed by atoms with Gasteiger partial charge >= 0.3 is 6.09 Å². The first-order valence-corrected chi connectivity index (χ1v) is 8.72. The number of nitrogens with one attached hydrogen (secondary N) is 1. The quantitative estimate of drug-likeness (QED) is 0.598. The van der Waals surface area contributed by atoms with Crippen molar-refractivity contribution in [2.24, 2.45) is 0 Å². The molecule has 3 aromatic rings. The predicted octanol–water partition coefficient (Wildman–Crippen LogP) is 3.29. The number of aromatic hydroxyl groups is 1. The molecule has 4 N–H and O–H groups in total. The molecule has 1 heterocycles. The summed E-state index contributed by atoms with van der Waals surface area (Å²) in [6.07, 6.45) is -0.565. The fourth-order valence-electron chi connectivity index (χ4n) is 2.65. The van der Waals surface area contributed by atoms with Crippen LogP contribution >= 0.6 is 0 Å². The number of nitrogens with two attached hydrogens (primary N) is 1. The molecule has 1 aromatic heterocycles. The van der Waals surface area contributed by atoms with Gasteiger partial charge in [-0.25, -0.2) is 4.79 Å². The van der Waals surface area contributed by atoms with Gasteiger partial charge in [0.15, 0.2) is 5.82 Å². The van der Waals surface area contributed by atoms with E-state index >= 15 is 0 Å². The molecule has 2 aromatic carbocycles. The Kier molecular flexibility index (Phi) is 4.96. The standard InChI is InChI=1S/C20H22N4O4/c1-20(2,3)28-19(27)24-16-9-6-13(21)11-15(16)18(23-24)22-17(26)10-12-4-7-14(25)8-5-12/h4-9,11,25H,10,21H2,1-3H3,(H,22,23,26). The predicted molar refractivity (Wildman–Crippen MR) is 106 cm³/mol. The minimum absolute atomic E-state index is 0.0867. The minimum atomic E-state index is -0.689. The Labute approximate surface area is 161 Å². The lowest BCUT2D eigenvalue weighted by Gasteiger charge is -2.19. The fraction of sp³-hybridized carbons (Fsp3) is 0.250. The van der Waals surface area contributed by atoms with Crippen LogP contribution in [0.1, 0.15) is 26.3 Å². The first-order valence-electron chi connectivity index (χ1n) is 8.72. The summed E-state index contributed by atoms with van der Waals surface area (Å²) < 4.78 is 6.49. The van der Waals surface area contributed by atoms with Gasteiger partial charge in [-0.2, -0.15) is 4.68 Å². The second-order valence-corrected chi connectivity index (χ2v) is 7.41. The zero-order valence-corrected chi connectivity index (χ0v) is 15.9. The molecule has 0 fully saturated rings. The zero-order valence-electron chi connectivity index (χ0n) is 15.9. The number of phenolic OH excluding ortho intramolecular Hbond substituents is 1. The van der Waals surface area contributed by atoms with Crippen LogP contribution in [0.4, 0.5) is 16.3 Å². The van der Waals surface area contributed by atoms with Gasteiger partial charge in [0.2, 0.25) is 5.91 Å². The first kappa shape index (κ1) is 19.2. The maximum Gasteiger partial charge on any atom is 0.435 e. The van der Waals surface area contributed by atoms with E-state index in [1.165, 1.54) is 12.1 Å². The fourth-order valence-corrected chi connectivity index (χ4v) is 2.65. The summed E-state index contributed by atoms with van der Waals surface area (Å²) in [5, 5.41) is 16.8. The number of nitrogens with zero attached hydrogens (tertiary/aromatic N) is 2. The van der Waals surface area contributed by atoms with Crippen molar-refractivity contribution >= 4 is 34.4 Å². The van der Waals surface area contributed by atoms with Crippen LogP contribution in [0.15, 0.2) is 42.5 Å². The Balaban J connectivity index is 1.89. The topological polar surface area (TPSA) is 119 Å². The Bertz CT molecular complexity index is 1030. The summed E-state index contributed by atoms with van der Waals surface area (Å²) in [6, 6.07) is 11.3. The Hall–Kier alpha value is -3.55. The molecule has 0 bridgehead atoms. The molecular formula is C20H22N4O4. The zero-order chi connectivity index (χ0) is 20.5. The van der Waals surface area contributed by atoms with Crippen LogP contribution in [-0.4, -0.2) is 32.5 Å². The number of hydrogen-bond acceptors (Lipinski definition) is 6. The van der Waals surface area contributed by atoms with E-state index in [1.54, 1.807) is 51.1 Å². The number of aromatic nitrogens is 2. The lowest BCUT2D eigenvalue weighted by Crippen LogP contribution is -2.27. The largest absolute Gasteiger partial charge is 0.508 e. The molecule has 146 valence electrons. The third kappa shape index (κ3) is 4.40. The molecule has 0 radical (unpaired) electrons. The number of amides is 1. The highest BCUT2D eigenvalue weighted by atomic mass is 16.6. The molecule has 0 aliphatic rings. The van der Waals surface area contributed by atoms with Crippen LogP contribution in [0.2, 0.25) is 0 Å². The summed E-state index contributed by atoms with van der Waals surface area (Å²) in [6.45, 7) is 5.28. The van der Waals surface area contributed by atoms with Gasteiger partial charge in [0.1, 0.15) is 11.4 Å². The molecule has 0 unspecified atom stereocenters. The van der Waals surface area contributed by atoms with Crippen LogP contribution in [0.3, 0.4) is 0 Å². The van der Waals surface area contributed by atoms with Crippen molar-refractivity contribution in [2.45, 2.75) is 32.8 Å². The van der Waals surface area contributed by atoms with Crippen LogP contribution in [-0.2, 0) is 16.0 Å². The normalized spacial score (nSPS) is 11.4. The van der Waals surface area contributed by atoms with Crippen molar-refractivity contribution in [2.75, 3.05) is 11.1 Å². The number of carbonyl (C=O) groups is 2. The molecule has 8 heteroatoms. The van der Waals surface area contributed by atoms with E-state index in [2.05, 4.69) is 10.4 Å². The number of rotatable bonds is 3. The Morgan fingerprint density at radius 3 is 2.50 bits per heavy atom. The van der Waals surface area contributed by atoms with Gasteiger partial charge in [0.05, 0.1) is 11.9 Å². The molecule has 0 atom stereocenters. The molecule has 0 saturated heterocycles. The molecule has 3 rings (SSSR count). The third-order valence-electron chi connectivity index (χ3n) is 3.83. The number of carbonyl (C=O) groups excluding carboxylic acids is 2. The lowest BCUT2D eigenvalue weighted by molar-refractivity contribution is -0.115. The van der Waals surface area contributed by atoms with E-state index in [4.69, 9.17) is 10.5 Å². The first-order chi connectivity index (χ1) is 13.1. The summed E-state index contributed by atoms with van der Waals surface area (Å²) in [5.41, 5.74) is 6.85. The number of anilines is 2. The van der Waals surface area contributed by atoms with Gasteiger partial charge in [-0.15, -0.1) is 5.10 Å². The van der Waals surface area contributed by atoms with Crippen molar-refractivity contribution in [3.63, 3.8) is 0 Å². The van der Waals surface area contributed by atoms with Gasteiger partial charge < -0.3 is 20.9 Å². The summed E-state index contributed by atoms with van der Waals surface area (Å²) in [5.74, 6) is 0.0301. The van der Waals surface area contributed by atoms with E-state index in [0.29, 0.717) is 16.6 Å². The highest BCUT2D eigenvalue weighted by molar-refractivity contribution is 6.03. The molecule has 0 saturated carbocycles.